The van der Waals surface area contributed by atoms with Crippen molar-refractivity contribution in [3.63, 3.8) is 0 Å². The van der Waals surface area contributed by atoms with Gasteiger partial charge >= 0.3 is 5.97 Å². The van der Waals surface area contributed by atoms with Gasteiger partial charge in [0.1, 0.15) is 0 Å². The van der Waals surface area contributed by atoms with Crippen LogP contribution < -0.4 is 10.2 Å². The minimum atomic E-state index is -0.953. The molecule has 6 heteroatoms. The molecule has 2 bridgehead atoms. The number of fused-ring (bicyclic) bond motifs is 3. The fraction of sp³-hybridized carbons (Fsp3) is 0.692. The molecule has 4 aliphatic rings. The molecule has 3 heterocycles. The Labute approximate surface area is 191 Å². The molecule has 0 spiro atoms. The maximum atomic E-state index is 13.6. The number of benzene rings is 1. The lowest BCUT2D eigenvalue weighted by atomic mass is 9.88. The summed E-state index contributed by atoms with van der Waals surface area (Å²) in [6, 6.07) is 8.90. The molecule has 1 saturated carbocycles. The normalized spacial score (nSPS) is 31.4. The molecule has 2 saturated heterocycles. The summed E-state index contributed by atoms with van der Waals surface area (Å²) < 4.78 is 5.22. The first-order valence-electron chi connectivity index (χ1n) is 12.8. The van der Waals surface area contributed by atoms with Crippen molar-refractivity contribution in [3.8, 4) is 0 Å². The molecule has 32 heavy (non-hydrogen) atoms. The van der Waals surface area contributed by atoms with E-state index in [-0.39, 0.29) is 18.6 Å². The second-order valence-corrected chi connectivity index (χ2v) is 10.0. The number of anilines is 2. The zero-order chi connectivity index (χ0) is 22.1. The highest BCUT2D eigenvalue weighted by molar-refractivity contribution is 6.15. The summed E-state index contributed by atoms with van der Waals surface area (Å²) in [6.45, 7) is 2.05. The van der Waals surface area contributed by atoms with Crippen LogP contribution in [-0.4, -0.2) is 53.6 Å². The average Bonchev–Trinajstić information content (AvgIpc) is 3.02. The summed E-state index contributed by atoms with van der Waals surface area (Å²) in [5.74, 6) is -0.641. The summed E-state index contributed by atoms with van der Waals surface area (Å²) in [6.07, 6.45) is 14.0. The third-order valence-corrected chi connectivity index (χ3v) is 8.10. The van der Waals surface area contributed by atoms with Gasteiger partial charge < -0.3 is 15.0 Å². The van der Waals surface area contributed by atoms with Gasteiger partial charge in [0.2, 0.25) is 6.04 Å². The van der Waals surface area contributed by atoms with Crippen LogP contribution in [0.2, 0.25) is 0 Å². The van der Waals surface area contributed by atoms with Crippen molar-refractivity contribution in [2.24, 2.45) is 0 Å². The van der Waals surface area contributed by atoms with E-state index in [1.165, 1.54) is 57.8 Å². The van der Waals surface area contributed by atoms with Crippen molar-refractivity contribution in [1.82, 2.24) is 4.90 Å². The molecular formula is C26H37N3O3. The van der Waals surface area contributed by atoms with Crippen molar-refractivity contribution in [3.05, 3.63) is 24.3 Å². The fourth-order valence-corrected chi connectivity index (χ4v) is 6.77. The van der Waals surface area contributed by atoms with Crippen molar-refractivity contribution in [2.45, 2.75) is 108 Å². The van der Waals surface area contributed by atoms with Gasteiger partial charge in [-0.2, -0.15) is 0 Å². The van der Waals surface area contributed by atoms with E-state index >= 15 is 0 Å². The number of esters is 1. The molecule has 3 aliphatic heterocycles. The first-order valence-corrected chi connectivity index (χ1v) is 12.8. The third-order valence-electron chi connectivity index (χ3n) is 8.10. The summed E-state index contributed by atoms with van der Waals surface area (Å²) >= 11 is 0. The molecule has 6 nitrogen and oxygen atoms in total. The first kappa shape index (κ1) is 21.7. The number of piperidine rings is 1. The van der Waals surface area contributed by atoms with Gasteiger partial charge in [0.15, 0.2) is 0 Å². The van der Waals surface area contributed by atoms with Crippen LogP contribution in [0.5, 0.6) is 0 Å². The largest absolute Gasteiger partial charge is 0.464 e. The van der Waals surface area contributed by atoms with Crippen LogP contribution in [0.3, 0.4) is 0 Å². The number of hydrogen-bond donors (Lipinski definition) is 1. The molecule has 0 radical (unpaired) electrons. The molecule has 1 aromatic rings. The second kappa shape index (κ2) is 9.42. The summed E-state index contributed by atoms with van der Waals surface area (Å²) in [5, 5.41) is 3.14. The van der Waals surface area contributed by atoms with Crippen LogP contribution >= 0.6 is 0 Å². The number of ether oxygens (including phenoxy) is 1. The Hall–Kier alpha value is -2.08. The number of carbonyl (C=O) groups is 2. The lowest BCUT2D eigenvalue weighted by Crippen LogP contribution is -2.60. The van der Waals surface area contributed by atoms with E-state index < -0.39 is 12.0 Å². The average molecular weight is 440 g/mol. The highest BCUT2D eigenvalue weighted by Gasteiger charge is 2.48. The van der Waals surface area contributed by atoms with Crippen molar-refractivity contribution in [1.29, 1.82) is 0 Å². The smallest absolute Gasteiger partial charge is 0.338 e. The summed E-state index contributed by atoms with van der Waals surface area (Å²) in [5.41, 5.74) is 1.75. The SMILES string of the molecule is CCOC(=O)C1Nc2ccccc2N([C@H]2C[C@H]3CC[C@@H](C2)N3C2CCCCCCC2)C1=O. The monoisotopic (exact) mass is 439 g/mol. The lowest BCUT2D eigenvalue weighted by molar-refractivity contribution is -0.146. The molecular weight excluding hydrogens is 402 g/mol. The molecule has 5 rings (SSSR count). The van der Waals surface area contributed by atoms with Gasteiger partial charge in [-0.1, -0.05) is 44.2 Å². The first-order chi connectivity index (χ1) is 15.7. The molecule has 1 aliphatic carbocycles. The zero-order valence-electron chi connectivity index (χ0n) is 19.3. The van der Waals surface area contributed by atoms with Crippen molar-refractivity contribution >= 4 is 23.3 Å². The minimum Gasteiger partial charge on any atom is -0.464 e. The van der Waals surface area contributed by atoms with Gasteiger partial charge in [0.05, 0.1) is 18.0 Å². The van der Waals surface area contributed by atoms with E-state index in [4.69, 9.17) is 4.74 Å². The molecule has 1 aromatic carbocycles. The Bertz CT molecular complexity index is 821. The molecule has 1 amide bonds. The predicted octanol–water partition coefficient (Wildman–Crippen LogP) is 4.49. The lowest BCUT2D eigenvalue weighted by Gasteiger charge is -2.48. The van der Waals surface area contributed by atoms with E-state index in [2.05, 4.69) is 10.2 Å². The van der Waals surface area contributed by atoms with Crippen molar-refractivity contribution in [2.75, 3.05) is 16.8 Å². The van der Waals surface area contributed by atoms with Gasteiger partial charge in [-0.3, -0.25) is 9.69 Å². The topological polar surface area (TPSA) is 61.9 Å². The third kappa shape index (κ3) is 4.02. The summed E-state index contributed by atoms with van der Waals surface area (Å²) in [4.78, 5) is 30.9. The van der Waals surface area contributed by atoms with Crippen LogP contribution in [0, 0.1) is 0 Å². The highest BCUT2D eigenvalue weighted by Crippen LogP contribution is 2.44. The van der Waals surface area contributed by atoms with Crippen LogP contribution in [-0.2, 0) is 14.3 Å². The van der Waals surface area contributed by atoms with E-state index in [0.717, 1.165) is 24.2 Å². The van der Waals surface area contributed by atoms with E-state index in [1.54, 1.807) is 6.92 Å². The maximum Gasteiger partial charge on any atom is 0.338 e. The van der Waals surface area contributed by atoms with Crippen LogP contribution in [0.15, 0.2) is 24.3 Å². The number of hydrogen-bond acceptors (Lipinski definition) is 5. The van der Waals surface area contributed by atoms with Gasteiger partial charge in [-0.15, -0.1) is 0 Å². The highest BCUT2D eigenvalue weighted by atomic mass is 16.5. The number of para-hydroxylation sites is 2. The second-order valence-electron chi connectivity index (χ2n) is 10.0. The van der Waals surface area contributed by atoms with Gasteiger partial charge in [-0.05, 0) is 57.6 Å². The van der Waals surface area contributed by atoms with Crippen molar-refractivity contribution < 1.29 is 14.3 Å². The number of carbonyl (C=O) groups excluding carboxylic acids is 2. The Morgan fingerprint density at radius 2 is 1.59 bits per heavy atom. The molecule has 1 unspecified atom stereocenters. The predicted molar refractivity (Wildman–Crippen MR) is 126 cm³/mol. The van der Waals surface area contributed by atoms with Gasteiger partial charge in [0.25, 0.3) is 5.91 Å². The Morgan fingerprint density at radius 3 is 2.28 bits per heavy atom. The fourth-order valence-electron chi connectivity index (χ4n) is 6.77. The number of amides is 1. The quantitative estimate of drug-likeness (QED) is 0.553. The van der Waals surface area contributed by atoms with E-state index in [9.17, 15) is 9.59 Å². The summed E-state index contributed by atoms with van der Waals surface area (Å²) in [7, 11) is 0. The minimum absolute atomic E-state index is 0.144. The van der Waals surface area contributed by atoms with Crippen LogP contribution in [0.1, 0.15) is 77.6 Å². The molecule has 1 N–H and O–H groups in total. The standard InChI is InChI=1S/C26H37N3O3/c1-2-32-26(31)24-25(30)29(23-13-9-8-12-22(23)27-24)21-16-19-14-15-20(17-21)28(19)18-10-6-4-3-5-7-11-18/h8-9,12-13,18-21,24,27H,2-7,10-11,14-17H2,1H3/t19-,20+,21+,24?. The van der Waals surface area contributed by atoms with Gasteiger partial charge in [0, 0.05) is 24.2 Å². The molecule has 3 fully saturated rings. The number of nitrogens with one attached hydrogen (secondary N) is 1. The molecule has 0 aromatic heterocycles. The molecule has 174 valence electrons. The Balaban J connectivity index is 1.38. The van der Waals surface area contributed by atoms with E-state index in [0.29, 0.717) is 18.1 Å². The number of nitrogens with zero attached hydrogens (tertiary/aromatic N) is 2. The molecule has 4 atom stereocenters. The van der Waals surface area contributed by atoms with Gasteiger partial charge in [-0.25, -0.2) is 4.79 Å². The Morgan fingerprint density at radius 1 is 0.938 bits per heavy atom. The van der Waals surface area contributed by atoms with Crippen LogP contribution in [0.4, 0.5) is 11.4 Å². The maximum absolute atomic E-state index is 13.6. The Kier molecular flexibility index (Phi) is 6.40. The van der Waals surface area contributed by atoms with Crippen LogP contribution in [0.25, 0.3) is 0 Å². The number of rotatable bonds is 4. The zero-order valence-corrected chi connectivity index (χ0v) is 19.3. The van der Waals surface area contributed by atoms with E-state index in [1.807, 2.05) is 29.2 Å².